The molecule has 0 saturated carbocycles. The van der Waals surface area contributed by atoms with Gasteiger partial charge in [-0.1, -0.05) is 30.3 Å². The Labute approximate surface area is 159 Å². The van der Waals surface area contributed by atoms with Crippen LogP contribution in [0.2, 0.25) is 0 Å². The minimum Gasteiger partial charge on any atom is -0.494 e. The number of benzene rings is 2. The van der Waals surface area contributed by atoms with Crippen LogP contribution in [0.25, 0.3) is 5.57 Å². The Balaban J connectivity index is 1.69. The maximum Gasteiger partial charge on any atom is 0.307 e. The van der Waals surface area contributed by atoms with Crippen LogP contribution in [-0.2, 0) is 6.42 Å². The number of hydrogen-bond acceptors (Lipinski definition) is 6. The van der Waals surface area contributed by atoms with Crippen LogP contribution in [0.1, 0.15) is 16.8 Å². The summed E-state index contributed by atoms with van der Waals surface area (Å²) >= 11 is 0. The van der Waals surface area contributed by atoms with Crippen molar-refractivity contribution in [2.24, 2.45) is 0 Å². The first-order valence-corrected chi connectivity index (χ1v) is 8.47. The third-order valence-electron chi connectivity index (χ3n) is 4.48. The Bertz CT molecular complexity index is 1110. The molecule has 0 saturated heterocycles. The number of allylic oxidation sites excluding steroid dienone is 1. The summed E-state index contributed by atoms with van der Waals surface area (Å²) in [6, 6.07) is 11.9. The van der Waals surface area contributed by atoms with Gasteiger partial charge in [0.2, 0.25) is 11.8 Å². The molecular formula is C20H15FN4O3. The molecule has 1 heterocycles. The highest BCUT2D eigenvalue weighted by atomic mass is 19.1. The summed E-state index contributed by atoms with van der Waals surface area (Å²) < 4.78 is 18.9. The zero-order chi connectivity index (χ0) is 19.7. The van der Waals surface area contributed by atoms with Gasteiger partial charge in [0, 0.05) is 23.9 Å². The van der Waals surface area contributed by atoms with Crippen molar-refractivity contribution >= 4 is 22.9 Å². The maximum absolute atomic E-state index is 13.8. The van der Waals surface area contributed by atoms with E-state index in [0.717, 1.165) is 35.4 Å². The molecule has 28 heavy (non-hydrogen) atoms. The number of nitro benzene ring substituents is 1. The number of ether oxygens (including phenoxy) is 1. The second-order valence-corrected chi connectivity index (χ2v) is 6.13. The van der Waals surface area contributed by atoms with Crippen LogP contribution in [0.4, 0.5) is 21.7 Å². The van der Waals surface area contributed by atoms with Crippen LogP contribution in [0.15, 0.2) is 54.7 Å². The lowest BCUT2D eigenvalue weighted by atomic mass is 10.0. The van der Waals surface area contributed by atoms with E-state index in [1.165, 1.54) is 12.7 Å². The number of hydrogen-bond donors (Lipinski definition) is 1. The fourth-order valence-electron chi connectivity index (χ4n) is 3.17. The van der Waals surface area contributed by atoms with Crippen molar-refractivity contribution in [2.75, 3.05) is 12.4 Å². The van der Waals surface area contributed by atoms with Gasteiger partial charge in [0.05, 0.1) is 23.4 Å². The van der Waals surface area contributed by atoms with E-state index in [9.17, 15) is 14.5 Å². The molecule has 0 amide bonds. The second kappa shape index (κ2) is 7.07. The van der Waals surface area contributed by atoms with Crippen molar-refractivity contribution in [2.45, 2.75) is 6.42 Å². The summed E-state index contributed by atoms with van der Waals surface area (Å²) in [6.45, 7) is 0. The lowest BCUT2D eigenvalue weighted by Crippen LogP contribution is -2.03. The maximum atomic E-state index is 13.8. The van der Waals surface area contributed by atoms with Gasteiger partial charge >= 0.3 is 5.69 Å². The highest BCUT2D eigenvalue weighted by Gasteiger charge is 2.20. The Morgan fingerprint density at radius 2 is 2.07 bits per heavy atom. The number of nitrogens with one attached hydrogen (secondary N) is 1. The minimum absolute atomic E-state index is 0.113. The largest absolute Gasteiger partial charge is 0.494 e. The minimum atomic E-state index is -0.977. The van der Waals surface area contributed by atoms with E-state index in [4.69, 9.17) is 4.74 Å². The van der Waals surface area contributed by atoms with Gasteiger partial charge < -0.3 is 10.1 Å². The summed E-state index contributed by atoms with van der Waals surface area (Å²) in [7, 11) is 1.35. The number of nitrogens with zero attached hydrogens (tertiary/aromatic N) is 3. The van der Waals surface area contributed by atoms with Crippen LogP contribution < -0.4 is 10.1 Å². The molecule has 4 rings (SSSR count). The number of rotatable bonds is 5. The summed E-state index contributed by atoms with van der Waals surface area (Å²) in [6.07, 6.45) is 4.52. The third kappa shape index (κ3) is 3.16. The highest BCUT2D eigenvalue weighted by molar-refractivity contribution is 5.83. The predicted molar refractivity (Wildman–Crippen MR) is 102 cm³/mol. The number of fused-ring (bicyclic) bond motifs is 1. The summed E-state index contributed by atoms with van der Waals surface area (Å²) in [5.41, 5.74) is 3.60. The molecule has 0 spiro atoms. The second-order valence-electron chi connectivity index (χ2n) is 6.13. The molecular weight excluding hydrogens is 363 g/mol. The first kappa shape index (κ1) is 17.6. The zero-order valence-electron chi connectivity index (χ0n) is 14.8. The average molecular weight is 378 g/mol. The van der Waals surface area contributed by atoms with Crippen molar-refractivity contribution in [3.05, 3.63) is 87.5 Å². The first-order chi connectivity index (χ1) is 13.6. The van der Waals surface area contributed by atoms with Gasteiger partial charge in [-0.3, -0.25) is 10.1 Å². The van der Waals surface area contributed by atoms with Crippen LogP contribution in [-0.4, -0.2) is 22.0 Å². The van der Waals surface area contributed by atoms with Crippen molar-refractivity contribution in [3.8, 4) is 5.75 Å². The SMILES string of the molecule is COc1cc(F)c([N+](=O)[O-])cc1Nc1nccc(C2=CCc3ccccc32)n1. The molecule has 2 aromatic carbocycles. The number of methoxy groups -OCH3 is 1. The van der Waals surface area contributed by atoms with Crippen LogP contribution in [0.3, 0.4) is 0 Å². The van der Waals surface area contributed by atoms with E-state index < -0.39 is 16.4 Å². The van der Waals surface area contributed by atoms with Gasteiger partial charge in [0.1, 0.15) is 5.75 Å². The van der Waals surface area contributed by atoms with Gasteiger partial charge in [0.25, 0.3) is 0 Å². The number of aromatic nitrogens is 2. The Kier molecular flexibility index (Phi) is 4.44. The topological polar surface area (TPSA) is 90.2 Å². The molecule has 0 aliphatic heterocycles. The molecule has 140 valence electrons. The molecule has 0 fully saturated rings. The molecule has 7 nitrogen and oxygen atoms in total. The van der Waals surface area contributed by atoms with Crippen molar-refractivity contribution in [1.82, 2.24) is 9.97 Å². The number of halogens is 1. The summed E-state index contributed by atoms with van der Waals surface area (Å²) in [5.74, 6) is -0.640. The quantitative estimate of drug-likeness (QED) is 0.527. The van der Waals surface area contributed by atoms with E-state index in [1.807, 2.05) is 18.2 Å². The van der Waals surface area contributed by atoms with E-state index in [0.29, 0.717) is 0 Å². The fourth-order valence-corrected chi connectivity index (χ4v) is 3.17. The van der Waals surface area contributed by atoms with Crippen LogP contribution in [0.5, 0.6) is 5.75 Å². The normalized spacial score (nSPS) is 12.3. The van der Waals surface area contributed by atoms with Gasteiger partial charge in [-0.05, 0) is 23.6 Å². The average Bonchev–Trinajstić information content (AvgIpc) is 3.13. The predicted octanol–water partition coefficient (Wildman–Crippen LogP) is 4.26. The lowest BCUT2D eigenvalue weighted by Gasteiger charge is -2.11. The molecule has 1 aromatic heterocycles. The number of nitro groups is 1. The van der Waals surface area contributed by atoms with Crippen molar-refractivity contribution in [1.29, 1.82) is 0 Å². The number of anilines is 2. The van der Waals surface area contributed by atoms with Gasteiger partial charge in [-0.2, -0.15) is 4.39 Å². The standard InChI is InChI=1S/C20H15FN4O3/c1-28-19-10-15(21)18(25(26)27)11-17(19)24-20-22-9-8-16(23-20)14-7-6-12-4-2-3-5-13(12)14/h2-5,7-11H,6H2,1H3,(H,22,23,24). The van der Waals surface area contributed by atoms with E-state index >= 15 is 0 Å². The van der Waals surface area contributed by atoms with Gasteiger partial charge in [-0.25, -0.2) is 9.97 Å². The third-order valence-corrected chi connectivity index (χ3v) is 4.48. The fraction of sp³-hybridized carbons (Fsp3) is 0.100. The molecule has 1 aliphatic rings. The Morgan fingerprint density at radius 3 is 2.86 bits per heavy atom. The lowest BCUT2D eigenvalue weighted by molar-refractivity contribution is -0.387. The molecule has 0 unspecified atom stereocenters. The van der Waals surface area contributed by atoms with Gasteiger partial charge in [-0.15, -0.1) is 0 Å². The molecule has 0 radical (unpaired) electrons. The highest BCUT2D eigenvalue weighted by Crippen LogP contribution is 2.34. The summed E-state index contributed by atoms with van der Waals surface area (Å²) in [4.78, 5) is 18.9. The molecule has 1 aliphatic carbocycles. The molecule has 0 bridgehead atoms. The monoisotopic (exact) mass is 378 g/mol. The van der Waals surface area contributed by atoms with E-state index in [2.05, 4.69) is 27.4 Å². The van der Waals surface area contributed by atoms with Crippen molar-refractivity contribution in [3.63, 3.8) is 0 Å². The molecule has 0 atom stereocenters. The van der Waals surface area contributed by atoms with Crippen LogP contribution >= 0.6 is 0 Å². The Morgan fingerprint density at radius 1 is 1.25 bits per heavy atom. The van der Waals surface area contributed by atoms with E-state index in [-0.39, 0.29) is 17.4 Å². The van der Waals surface area contributed by atoms with Crippen molar-refractivity contribution < 1.29 is 14.1 Å². The zero-order valence-corrected chi connectivity index (χ0v) is 14.8. The Hall–Kier alpha value is -3.81. The van der Waals surface area contributed by atoms with E-state index in [1.54, 1.807) is 12.3 Å². The summed E-state index contributed by atoms with van der Waals surface area (Å²) in [5, 5.41) is 13.9. The van der Waals surface area contributed by atoms with Crippen LogP contribution in [0, 0.1) is 15.9 Å². The van der Waals surface area contributed by atoms with Gasteiger partial charge in [0.15, 0.2) is 0 Å². The molecule has 3 aromatic rings. The smallest absolute Gasteiger partial charge is 0.307 e. The molecule has 8 heteroatoms. The molecule has 1 N–H and O–H groups in total. The first-order valence-electron chi connectivity index (χ1n) is 8.47.